The molecule has 4 bridgehead atoms. The van der Waals surface area contributed by atoms with Crippen LogP contribution in [0.5, 0.6) is 0 Å². The number of fused-ring (bicyclic) bond motifs is 8. The van der Waals surface area contributed by atoms with Gasteiger partial charge in [0.25, 0.3) is 11.1 Å². The van der Waals surface area contributed by atoms with Crippen molar-refractivity contribution in [3.63, 3.8) is 0 Å². The average molecular weight is 406 g/mol. The van der Waals surface area contributed by atoms with E-state index in [1.54, 1.807) is 12.1 Å². The number of amides is 2. The molecule has 7 heteroatoms. The molecule has 0 radical (unpaired) electrons. The third-order valence-corrected chi connectivity index (χ3v) is 7.50. The van der Waals surface area contributed by atoms with Crippen LogP contribution in [0.1, 0.15) is 36.1 Å². The second-order valence-electron chi connectivity index (χ2n) is 9.49. The smallest absolute Gasteiger partial charge is 0.320 e. The van der Waals surface area contributed by atoms with Gasteiger partial charge in [0, 0.05) is 74.6 Å². The highest BCUT2D eigenvalue weighted by atomic mass is 16.2. The monoisotopic (exact) mass is 406 g/mol. The zero-order valence-corrected chi connectivity index (χ0v) is 16.9. The van der Waals surface area contributed by atoms with Crippen LogP contribution in [0, 0.1) is 11.8 Å². The van der Waals surface area contributed by atoms with Crippen LogP contribution in [-0.4, -0.2) is 51.1 Å². The second kappa shape index (κ2) is 6.59. The second-order valence-corrected chi connectivity index (χ2v) is 9.49. The molecule has 2 fully saturated rings. The minimum atomic E-state index is 0.0692. The lowest BCUT2D eigenvalue weighted by molar-refractivity contribution is 0.0778. The van der Waals surface area contributed by atoms with Crippen molar-refractivity contribution in [3.8, 4) is 0 Å². The van der Waals surface area contributed by atoms with Gasteiger partial charge in [-0.3, -0.25) is 9.59 Å². The van der Waals surface area contributed by atoms with E-state index >= 15 is 0 Å². The predicted octanol–water partition coefficient (Wildman–Crippen LogP) is 1.67. The summed E-state index contributed by atoms with van der Waals surface area (Å²) in [6.07, 6.45) is 2.10. The summed E-state index contributed by atoms with van der Waals surface area (Å²) in [6, 6.07) is 11.1. The number of pyridine rings is 2. The zero-order chi connectivity index (χ0) is 20.4. The maximum absolute atomic E-state index is 13.5. The minimum absolute atomic E-state index is 0.0692. The molecule has 2 aromatic rings. The lowest BCUT2D eigenvalue weighted by Crippen LogP contribution is -2.56. The molecular formula is C23H26N4O3. The van der Waals surface area contributed by atoms with Gasteiger partial charge in [-0.1, -0.05) is 12.1 Å². The summed E-state index contributed by atoms with van der Waals surface area (Å²) in [6.45, 7) is 4.21. The van der Waals surface area contributed by atoms with E-state index in [4.69, 9.17) is 0 Å². The molecule has 6 heterocycles. The predicted molar refractivity (Wildman–Crippen MR) is 112 cm³/mol. The first-order valence-electron chi connectivity index (χ1n) is 11.0. The van der Waals surface area contributed by atoms with Crippen molar-refractivity contribution in [1.82, 2.24) is 18.9 Å². The number of rotatable bonds is 0. The highest BCUT2D eigenvalue weighted by molar-refractivity contribution is 5.75. The van der Waals surface area contributed by atoms with Gasteiger partial charge in [-0.05, 0) is 36.8 Å². The number of hydrogen-bond acceptors (Lipinski definition) is 3. The molecular weight excluding hydrogens is 380 g/mol. The molecule has 7 nitrogen and oxygen atoms in total. The Morgan fingerprint density at radius 1 is 0.667 bits per heavy atom. The molecule has 4 aliphatic rings. The van der Waals surface area contributed by atoms with Gasteiger partial charge in [-0.2, -0.15) is 0 Å². The largest absolute Gasteiger partial charge is 0.324 e. The van der Waals surface area contributed by atoms with Crippen LogP contribution in [0.3, 0.4) is 0 Å². The number of hydrogen-bond donors (Lipinski definition) is 0. The van der Waals surface area contributed by atoms with Crippen LogP contribution in [0.15, 0.2) is 46.0 Å². The molecule has 2 amide bonds. The number of urea groups is 1. The number of nitrogens with zero attached hydrogens (tertiary/aromatic N) is 4. The first kappa shape index (κ1) is 18.0. The summed E-state index contributed by atoms with van der Waals surface area (Å²) < 4.78 is 3.81. The SMILES string of the molecule is O=C(N1C[C@H]2C[C@H](C1)c1cccc(=O)n1C2)N1C[C@H]2C[C@H](C1)c1cccc(=O)n1C2. The molecule has 2 aromatic heterocycles. The minimum Gasteiger partial charge on any atom is -0.324 e. The Morgan fingerprint density at radius 2 is 1.13 bits per heavy atom. The number of likely N-dealkylation sites (tertiary alicyclic amines) is 2. The standard InChI is InChI=1S/C23H26N4O3/c28-21-5-1-3-19-17-7-15(11-26(19)21)9-24(13-17)23(30)25-10-16-8-18(14-25)20-4-2-6-22(29)27(20)12-16/h1-6,15-18H,7-14H2/t15-,16-,17-,18-/m1/s1. The maximum Gasteiger partial charge on any atom is 0.320 e. The van der Waals surface area contributed by atoms with Crippen LogP contribution in [0.4, 0.5) is 4.79 Å². The molecule has 0 aromatic carbocycles. The van der Waals surface area contributed by atoms with Gasteiger partial charge in [-0.15, -0.1) is 0 Å². The molecule has 4 aliphatic heterocycles. The Bertz CT molecular complexity index is 1050. The van der Waals surface area contributed by atoms with Gasteiger partial charge in [0.2, 0.25) is 0 Å². The maximum atomic E-state index is 13.5. The van der Waals surface area contributed by atoms with Crippen LogP contribution in [0.2, 0.25) is 0 Å². The van der Waals surface area contributed by atoms with Gasteiger partial charge >= 0.3 is 6.03 Å². The average Bonchev–Trinajstić information content (AvgIpc) is 2.74. The lowest BCUT2D eigenvalue weighted by atomic mass is 9.82. The van der Waals surface area contributed by atoms with Gasteiger partial charge < -0.3 is 18.9 Å². The molecule has 0 N–H and O–H groups in total. The van der Waals surface area contributed by atoms with E-state index in [0.29, 0.717) is 38.0 Å². The van der Waals surface area contributed by atoms with Gasteiger partial charge in [0.1, 0.15) is 0 Å². The topological polar surface area (TPSA) is 67.6 Å². The molecule has 6 rings (SSSR count). The van der Waals surface area contributed by atoms with Crippen molar-refractivity contribution in [1.29, 1.82) is 0 Å². The van der Waals surface area contributed by atoms with E-state index in [1.807, 2.05) is 43.2 Å². The highest BCUT2D eigenvalue weighted by Crippen LogP contribution is 2.38. The third kappa shape index (κ3) is 2.75. The van der Waals surface area contributed by atoms with Crippen molar-refractivity contribution < 1.29 is 4.79 Å². The third-order valence-electron chi connectivity index (χ3n) is 7.50. The summed E-state index contributed by atoms with van der Waals surface area (Å²) >= 11 is 0. The van der Waals surface area contributed by atoms with Gasteiger partial charge in [-0.25, -0.2) is 4.79 Å². The van der Waals surface area contributed by atoms with Crippen molar-refractivity contribution in [3.05, 3.63) is 68.5 Å². The van der Waals surface area contributed by atoms with E-state index in [1.165, 1.54) is 0 Å². The number of carbonyl (C=O) groups excluding carboxylic acids is 1. The number of carbonyl (C=O) groups is 1. The van der Waals surface area contributed by atoms with E-state index in [2.05, 4.69) is 0 Å². The highest BCUT2D eigenvalue weighted by Gasteiger charge is 2.41. The van der Waals surface area contributed by atoms with Crippen LogP contribution < -0.4 is 11.1 Å². The Morgan fingerprint density at radius 3 is 1.60 bits per heavy atom. The summed E-state index contributed by atoms with van der Waals surface area (Å²) in [4.78, 5) is 42.0. The fourth-order valence-corrected chi connectivity index (χ4v) is 6.31. The van der Waals surface area contributed by atoms with Crippen molar-refractivity contribution in [2.45, 2.75) is 37.8 Å². The van der Waals surface area contributed by atoms with Gasteiger partial charge in [0.15, 0.2) is 0 Å². The van der Waals surface area contributed by atoms with Crippen molar-refractivity contribution >= 4 is 6.03 Å². The summed E-state index contributed by atoms with van der Waals surface area (Å²) in [5, 5.41) is 0. The molecule has 0 saturated carbocycles. The van der Waals surface area contributed by atoms with E-state index in [9.17, 15) is 14.4 Å². The summed E-state index contributed by atoms with van der Waals surface area (Å²) in [7, 11) is 0. The number of piperidine rings is 2. The molecule has 156 valence electrons. The summed E-state index contributed by atoms with van der Waals surface area (Å²) in [5.74, 6) is 1.14. The normalized spacial score (nSPS) is 29.2. The molecule has 2 saturated heterocycles. The van der Waals surface area contributed by atoms with E-state index in [0.717, 1.165) is 37.3 Å². The van der Waals surface area contributed by atoms with Gasteiger partial charge in [0.05, 0.1) is 0 Å². The first-order chi connectivity index (χ1) is 14.6. The molecule has 30 heavy (non-hydrogen) atoms. The fourth-order valence-electron chi connectivity index (χ4n) is 6.31. The quantitative estimate of drug-likeness (QED) is 0.668. The fraction of sp³-hybridized carbons (Fsp3) is 0.522. The Hall–Kier alpha value is -2.83. The lowest BCUT2D eigenvalue weighted by Gasteiger charge is -2.47. The van der Waals surface area contributed by atoms with Crippen LogP contribution >= 0.6 is 0 Å². The first-order valence-corrected chi connectivity index (χ1v) is 11.0. The molecule has 4 atom stereocenters. The molecule has 0 aliphatic carbocycles. The Balaban J connectivity index is 1.24. The van der Waals surface area contributed by atoms with Crippen LogP contribution in [0.25, 0.3) is 0 Å². The Kier molecular flexibility index (Phi) is 3.95. The molecule has 0 unspecified atom stereocenters. The summed E-state index contributed by atoms with van der Waals surface area (Å²) in [5.41, 5.74) is 2.28. The zero-order valence-electron chi connectivity index (χ0n) is 16.9. The van der Waals surface area contributed by atoms with Crippen LogP contribution in [-0.2, 0) is 13.1 Å². The van der Waals surface area contributed by atoms with Crippen molar-refractivity contribution in [2.75, 3.05) is 26.2 Å². The Labute approximate surface area is 174 Å². The van der Waals surface area contributed by atoms with E-state index in [-0.39, 0.29) is 29.0 Å². The van der Waals surface area contributed by atoms with E-state index < -0.39 is 0 Å². The van der Waals surface area contributed by atoms with Crippen molar-refractivity contribution in [2.24, 2.45) is 11.8 Å². The number of aromatic nitrogens is 2. The molecule has 0 spiro atoms.